The van der Waals surface area contributed by atoms with Crippen LogP contribution in [0.2, 0.25) is 0 Å². The van der Waals surface area contributed by atoms with Gasteiger partial charge >= 0.3 is 0 Å². The van der Waals surface area contributed by atoms with Crippen molar-refractivity contribution in [3.63, 3.8) is 0 Å². The van der Waals surface area contributed by atoms with Gasteiger partial charge in [0.2, 0.25) is 5.91 Å². The van der Waals surface area contributed by atoms with E-state index in [9.17, 15) is 4.79 Å². The van der Waals surface area contributed by atoms with E-state index < -0.39 is 5.54 Å². The molecule has 7 heteroatoms. The summed E-state index contributed by atoms with van der Waals surface area (Å²) in [5.74, 6) is 0.644. The van der Waals surface area contributed by atoms with Crippen molar-refractivity contribution in [1.29, 1.82) is 0 Å². The molecule has 1 saturated heterocycles. The maximum Gasteiger partial charge on any atom is 0.244 e. The molecule has 1 aromatic carbocycles. The van der Waals surface area contributed by atoms with Gasteiger partial charge in [-0.1, -0.05) is 18.0 Å². The first-order chi connectivity index (χ1) is 12.0. The van der Waals surface area contributed by atoms with Crippen LogP contribution in [0.1, 0.15) is 31.2 Å². The van der Waals surface area contributed by atoms with Gasteiger partial charge in [-0.2, -0.15) is 0 Å². The minimum Gasteiger partial charge on any atom is -0.398 e. The number of rotatable bonds is 4. The zero-order chi connectivity index (χ0) is 17.9. The molecule has 1 saturated carbocycles. The largest absolute Gasteiger partial charge is 0.398 e. The lowest BCUT2D eigenvalue weighted by Crippen LogP contribution is -2.48. The molecule has 1 aliphatic carbocycles. The molecule has 0 spiro atoms. The maximum absolute atomic E-state index is 12.5. The standard InChI is InChI=1S/C18H26N4O3/c1-13-11-14(20-17(23)18(19)7-3-4-8-18)5-6-15(13)22-9-10-25-12-16(22)21-24-2/h5-6,11H,3-4,7-10,12,19H2,1-2H3,(H,20,23). The molecular weight excluding hydrogens is 320 g/mol. The fourth-order valence-electron chi connectivity index (χ4n) is 3.49. The highest BCUT2D eigenvalue weighted by molar-refractivity contribution is 6.01. The molecule has 3 N–H and O–H groups in total. The van der Waals surface area contributed by atoms with Gasteiger partial charge in [-0.3, -0.25) is 4.79 Å². The highest BCUT2D eigenvalue weighted by atomic mass is 16.6. The van der Waals surface area contributed by atoms with Crippen molar-refractivity contribution < 1.29 is 14.4 Å². The number of ether oxygens (including phenoxy) is 1. The van der Waals surface area contributed by atoms with E-state index in [1.54, 1.807) is 0 Å². The second-order valence-corrected chi connectivity index (χ2v) is 6.71. The molecule has 1 amide bonds. The van der Waals surface area contributed by atoms with Crippen LogP contribution >= 0.6 is 0 Å². The number of nitrogens with one attached hydrogen (secondary N) is 1. The van der Waals surface area contributed by atoms with Gasteiger partial charge in [-0.25, -0.2) is 0 Å². The summed E-state index contributed by atoms with van der Waals surface area (Å²) in [7, 11) is 1.52. The summed E-state index contributed by atoms with van der Waals surface area (Å²) in [6.45, 7) is 3.77. The lowest BCUT2D eigenvalue weighted by atomic mass is 9.98. The summed E-state index contributed by atoms with van der Waals surface area (Å²) >= 11 is 0. The van der Waals surface area contributed by atoms with Crippen LogP contribution in [0.25, 0.3) is 0 Å². The third-order valence-corrected chi connectivity index (χ3v) is 4.89. The molecule has 0 unspecified atom stereocenters. The Bertz CT molecular complexity index is 668. The zero-order valence-corrected chi connectivity index (χ0v) is 14.9. The van der Waals surface area contributed by atoms with Crippen molar-refractivity contribution in [2.45, 2.75) is 38.1 Å². The third kappa shape index (κ3) is 3.77. The predicted octanol–water partition coefficient (Wildman–Crippen LogP) is 2.00. The van der Waals surface area contributed by atoms with Gasteiger partial charge in [0, 0.05) is 17.9 Å². The van der Waals surface area contributed by atoms with Crippen LogP contribution in [0, 0.1) is 6.92 Å². The average molecular weight is 346 g/mol. The van der Waals surface area contributed by atoms with Gasteiger partial charge in [-0.15, -0.1) is 0 Å². The summed E-state index contributed by atoms with van der Waals surface area (Å²) in [6, 6.07) is 5.85. The van der Waals surface area contributed by atoms with Crippen LogP contribution in [-0.4, -0.2) is 44.2 Å². The Kier molecular flexibility index (Phi) is 5.24. The van der Waals surface area contributed by atoms with Crippen molar-refractivity contribution >= 4 is 23.1 Å². The minimum absolute atomic E-state index is 0.0924. The van der Waals surface area contributed by atoms with Crippen molar-refractivity contribution in [3.8, 4) is 0 Å². The fraction of sp³-hybridized carbons (Fsp3) is 0.556. The highest BCUT2D eigenvalue weighted by Crippen LogP contribution is 2.30. The first-order valence-electron chi connectivity index (χ1n) is 8.70. The Hall–Kier alpha value is -2.12. The lowest BCUT2D eigenvalue weighted by Gasteiger charge is -2.31. The summed E-state index contributed by atoms with van der Waals surface area (Å²) in [5.41, 5.74) is 8.33. The van der Waals surface area contributed by atoms with Crippen molar-refractivity contribution in [3.05, 3.63) is 23.8 Å². The van der Waals surface area contributed by atoms with Gasteiger partial charge in [0.25, 0.3) is 0 Å². The van der Waals surface area contributed by atoms with Gasteiger partial charge in [0.05, 0.1) is 12.1 Å². The van der Waals surface area contributed by atoms with Gasteiger partial charge < -0.3 is 25.5 Å². The van der Waals surface area contributed by atoms with Crippen LogP contribution in [0.5, 0.6) is 0 Å². The monoisotopic (exact) mass is 346 g/mol. The molecule has 25 heavy (non-hydrogen) atoms. The van der Waals surface area contributed by atoms with Crippen LogP contribution in [0.4, 0.5) is 11.4 Å². The Balaban J connectivity index is 1.76. The molecule has 136 valence electrons. The number of carbonyl (C=O) groups is 1. The van der Waals surface area contributed by atoms with Crippen LogP contribution in [0.3, 0.4) is 0 Å². The second kappa shape index (κ2) is 7.41. The smallest absolute Gasteiger partial charge is 0.244 e. The number of amides is 1. The molecule has 7 nitrogen and oxygen atoms in total. The summed E-state index contributed by atoms with van der Waals surface area (Å²) in [4.78, 5) is 19.5. The zero-order valence-electron chi connectivity index (χ0n) is 14.9. The number of morpholine rings is 1. The second-order valence-electron chi connectivity index (χ2n) is 6.71. The maximum atomic E-state index is 12.5. The Morgan fingerprint density at radius 2 is 2.16 bits per heavy atom. The number of oxime groups is 1. The van der Waals surface area contributed by atoms with Crippen LogP contribution in [-0.2, 0) is 14.4 Å². The predicted molar refractivity (Wildman–Crippen MR) is 97.8 cm³/mol. The number of amidine groups is 1. The molecule has 0 bridgehead atoms. The Morgan fingerprint density at radius 3 is 2.84 bits per heavy atom. The van der Waals surface area contributed by atoms with Gasteiger partial charge in [0.1, 0.15) is 13.7 Å². The highest BCUT2D eigenvalue weighted by Gasteiger charge is 2.37. The van der Waals surface area contributed by atoms with Crippen molar-refractivity contribution in [2.24, 2.45) is 10.9 Å². The molecule has 1 aromatic rings. The van der Waals surface area contributed by atoms with E-state index in [1.807, 2.05) is 25.1 Å². The molecule has 2 fully saturated rings. The minimum atomic E-state index is -0.727. The summed E-state index contributed by atoms with van der Waals surface area (Å²) in [5, 5.41) is 7.02. The van der Waals surface area contributed by atoms with Crippen LogP contribution < -0.4 is 16.0 Å². The number of hydrogen-bond donors (Lipinski definition) is 2. The fourth-order valence-corrected chi connectivity index (χ4v) is 3.49. The van der Waals surface area contributed by atoms with E-state index in [2.05, 4.69) is 15.4 Å². The SMILES string of the molecule is CON=C1COCCN1c1ccc(NC(=O)C2(N)CCCC2)cc1C. The number of nitrogens with two attached hydrogens (primary N) is 1. The molecule has 0 aromatic heterocycles. The van der Waals surface area contributed by atoms with E-state index in [-0.39, 0.29) is 5.91 Å². The van der Waals surface area contributed by atoms with E-state index in [1.165, 1.54) is 7.11 Å². The Labute approximate surface area is 148 Å². The Morgan fingerprint density at radius 1 is 1.40 bits per heavy atom. The molecular formula is C18H26N4O3. The van der Waals surface area contributed by atoms with E-state index in [4.69, 9.17) is 15.3 Å². The van der Waals surface area contributed by atoms with Crippen molar-refractivity contribution in [2.75, 3.05) is 37.1 Å². The number of anilines is 2. The molecule has 1 aliphatic heterocycles. The van der Waals surface area contributed by atoms with Crippen molar-refractivity contribution in [1.82, 2.24) is 0 Å². The third-order valence-electron chi connectivity index (χ3n) is 4.89. The summed E-state index contributed by atoms with van der Waals surface area (Å²) in [6.07, 6.45) is 3.53. The number of aryl methyl sites for hydroxylation is 1. The average Bonchev–Trinajstić information content (AvgIpc) is 3.04. The van der Waals surface area contributed by atoms with E-state index in [0.29, 0.717) is 19.8 Å². The molecule has 0 atom stereocenters. The topological polar surface area (TPSA) is 89.2 Å². The normalized spacial score (nSPS) is 21.4. The van der Waals surface area contributed by atoms with Gasteiger partial charge in [0.15, 0.2) is 5.84 Å². The molecule has 2 aliphatic rings. The number of carbonyl (C=O) groups excluding carboxylic acids is 1. The van der Waals surface area contributed by atoms with Crippen LogP contribution in [0.15, 0.2) is 23.4 Å². The number of nitrogens with zero attached hydrogens (tertiary/aromatic N) is 2. The number of hydrogen-bond acceptors (Lipinski definition) is 5. The molecule has 3 rings (SSSR count). The van der Waals surface area contributed by atoms with E-state index in [0.717, 1.165) is 48.5 Å². The lowest BCUT2D eigenvalue weighted by molar-refractivity contribution is -0.121. The molecule has 0 radical (unpaired) electrons. The summed E-state index contributed by atoms with van der Waals surface area (Å²) < 4.78 is 5.45. The quantitative estimate of drug-likeness (QED) is 0.814. The van der Waals surface area contributed by atoms with E-state index >= 15 is 0 Å². The molecule has 1 heterocycles. The first kappa shape index (κ1) is 17.7. The number of benzene rings is 1. The first-order valence-corrected chi connectivity index (χ1v) is 8.70. The van der Waals surface area contributed by atoms with Gasteiger partial charge in [-0.05, 0) is 43.5 Å².